The first-order chi connectivity index (χ1) is 10.1. The first-order valence-corrected chi connectivity index (χ1v) is 8.38. The highest BCUT2D eigenvalue weighted by atomic mass is 32.1. The molecule has 2 aromatic rings. The lowest BCUT2D eigenvalue weighted by atomic mass is 10.1. The van der Waals surface area contributed by atoms with Gasteiger partial charge in [0.2, 0.25) is 0 Å². The van der Waals surface area contributed by atoms with E-state index in [1.165, 1.54) is 11.3 Å². The van der Waals surface area contributed by atoms with Gasteiger partial charge in [0, 0.05) is 4.88 Å². The van der Waals surface area contributed by atoms with Gasteiger partial charge in [0.25, 0.3) is 5.91 Å². The number of amides is 1. The van der Waals surface area contributed by atoms with E-state index in [0.717, 1.165) is 4.88 Å². The van der Waals surface area contributed by atoms with E-state index in [1.54, 1.807) is 28.8 Å². The zero-order chi connectivity index (χ0) is 15.2. The van der Waals surface area contributed by atoms with Gasteiger partial charge in [-0.05, 0) is 28.8 Å². The molecule has 0 aromatic carbocycles. The second kappa shape index (κ2) is 7.38. The molecule has 4 nitrogen and oxygen atoms in total. The molecule has 0 spiro atoms. The Bertz CT molecular complexity index is 576. The molecule has 6 heteroatoms. The second-order valence-electron chi connectivity index (χ2n) is 4.84. The van der Waals surface area contributed by atoms with Crippen molar-refractivity contribution in [1.29, 1.82) is 0 Å². The van der Waals surface area contributed by atoms with E-state index in [2.05, 4.69) is 5.32 Å². The summed E-state index contributed by atoms with van der Waals surface area (Å²) in [7, 11) is 0. The van der Waals surface area contributed by atoms with E-state index in [0.29, 0.717) is 11.4 Å². The van der Waals surface area contributed by atoms with E-state index in [1.807, 2.05) is 31.4 Å². The third-order valence-corrected chi connectivity index (χ3v) is 4.56. The van der Waals surface area contributed by atoms with Crippen LogP contribution in [0.25, 0.3) is 0 Å². The van der Waals surface area contributed by atoms with Gasteiger partial charge in [-0.1, -0.05) is 26.0 Å². The summed E-state index contributed by atoms with van der Waals surface area (Å²) in [6.07, 6.45) is -0.778. The molecule has 1 amide bonds. The molecule has 21 heavy (non-hydrogen) atoms. The summed E-state index contributed by atoms with van der Waals surface area (Å²) in [5.41, 5.74) is 0. The van der Waals surface area contributed by atoms with E-state index >= 15 is 0 Å². The fourth-order valence-corrected chi connectivity index (χ4v) is 3.00. The van der Waals surface area contributed by atoms with Crippen LogP contribution in [0.4, 0.5) is 0 Å². The van der Waals surface area contributed by atoms with Crippen molar-refractivity contribution in [3.05, 3.63) is 44.8 Å². The molecule has 1 N–H and O–H groups in total. The Morgan fingerprint density at radius 3 is 2.48 bits per heavy atom. The van der Waals surface area contributed by atoms with E-state index in [-0.39, 0.29) is 11.8 Å². The van der Waals surface area contributed by atoms with Crippen LogP contribution >= 0.6 is 22.7 Å². The molecule has 0 bridgehead atoms. The van der Waals surface area contributed by atoms with Gasteiger partial charge in [0.05, 0.1) is 6.54 Å². The quantitative estimate of drug-likeness (QED) is 0.830. The molecule has 0 saturated heterocycles. The van der Waals surface area contributed by atoms with Crippen LogP contribution < -0.4 is 5.32 Å². The van der Waals surface area contributed by atoms with E-state index in [4.69, 9.17) is 4.74 Å². The number of ether oxygens (including phenoxy) is 1. The average Bonchev–Trinajstić information content (AvgIpc) is 3.13. The van der Waals surface area contributed by atoms with Crippen molar-refractivity contribution >= 4 is 34.6 Å². The predicted octanol–water partition coefficient (Wildman–Crippen LogP) is 3.31. The topological polar surface area (TPSA) is 55.4 Å². The molecule has 0 saturated carbocycles. The molecule has 2 rings (SSSR count). The van der Waals surface area contributed by atoms with Crippen LogP contribution in [0, 0.1) is 5.92 Å². The first-order valence-electron chi connectivity index (χ1n) is 6.62. The van der Waals surface area contributed by atoms with Crippen LogP contribution in [0.1, 0.15) is 28.4 Å². The maximum atomic E-state index is 12.2. The lowest BCUT2D eigenvalue weighted by Gasteiger charge is -2.20. The number of carbonyl (C=O) groups excluding carboxylic acids is 2. The van der Waals surface area contributed by atoms with Gasteiger partial charge >= 0.3 is 5.97 Å². The normalized spacial score (nSPS) is 12.1. The number of hydrogen-bond donors (Lipinski definition) is 1. The minimum absolute atomic E-state index is 0.0859. The first kappa shape index (κ1) is 15.7. The monoisotopic (exact) mass is 323 g/mol. The highest BCUT2D eigenvalue weighted by Gasteiger charge is 2.27. The fraction of sp³-hybridized carbons (Fsp3) is 0.333. The maximum Gasteiger partial charge on any atom is 0.349 e. The smallest absolute Gasteiger partial charge is 0.349 e. The lowest BCUT2D eigenvalue weighted by molar-refractivity contribution is -0.132. The summed E-state index contributed by atoms with van der Waals surface area (Å²) in [6.45, 7) is 4.17. The molecule has 0 unspecified atom stereocenters. The molecule has 0 aliphatic carbocycles. The van der Waals surface area contributed by atoms with Gasteiger partial charge in [-0.25, -0.2) is 4.79 Å². The highest BCUT2D eigenvalue weighted by Crippen LogP contribution is 2.15. The Morgan fingerprint density at radius 2 is 1.90 bits per heavy atom. The Kier molecular flexibility index (Phi) is 5.52. The van der Waals surface area contributed by atoms with Crippen molar-refractivity contribution in [1.82, 2.24) is 5.32 Å². The van der Waals surface area contributed by atoms with Gasteiger partial charge in [-0.2, -0.15) is 0 Å². The van der Waals surface area contributed by atoms with Gasteiger partial charge in [-0.15, -0.1) is 22.7 Å². The maximum absolute atomic E-state index is 12.2. The molecular weight excluding hydrogens is 306 g/mol. The summed E-state index contributed by atoms with van der Waals surface area (Å²) in [5.74, 6) is -0.796. The summed E-state index contributed by atoms with van der Waals surface area (Å²) >= 11 is 2.88. The van der Waals surface area contributed by atoms with Crippen molar-refractivity contribution in [3.63, 3.8) is 0 Å². The van der Waals surface area contributed by atoms with Crippen LogP contribution in [-0.4, -0.2) is 18.0 Å². The van der Waals surface area contributed by atoms with Crippen LogP contribution in [0.2, 0.25) is 0 Å². The molecule has 2 aromatic heterocycles. The average molecular weight is 323 g/mol. The Balaban J connectivity index is 1.94. The van der Waals surface area contributed by atoms with Gasteiger partial charge < -0.3 is 10.1 Å². The third-order valence-electron chi connectivity index (χ3n) is 2.84. The van der Waals surface area contributed by atoms with Crippen molar-refractivity contribution in [2.45, 2.75) is 26.5 Å². The van der Waals surface area contributed by atoms with Crippen LogP contribution in [0.3, 0.4) is 0 Å². The summed E-state index contributed by atoms with van der Waals surface area (Å²) < 4.78 is 5.35. The van der Waals surface area contributed by atoms with Crippen LogP contribution in [0.5, 0.6) is 0 Å². The number of nitrogens with one attached hydrogen (secondary N) is 1. The third kappa shape index (κ3) is 4.41. The van der Waals surface area contributed by atoms with Crippen molar-refractivity contribution < 1.29 is 14.3 Å². The molecule has 1 atom stereocenters. The van der Waals surface area contributed by atoms with Crippen molar-refractivity contribution in [2.24, 2.45) is 5.92 Å². The minimum Gasteiger partial charge on any atom is -0.448 e. The number of rotatable bonds is 6. The minimum atomic E-state index is -0.778. The molecule has 0 fully saturated rings. The summed E-state index contributed by atoms with van der Waals surface area (Å²) in [6, 6.07) is 7.35. The molecule has 112 valence electrons. The number of esters is 1. The summed E-state index contributed by atoms with van der Waals surface area (Å²) in [5, 5.41) is 6.57. The summed E-state index contributed by atoms with van der Waals surface area (Å²) in [4.78, 5) is 25.7. The molecule has 2 heterocycles. The zero-order valence-corrected chi connectivity index (χ0v) is 13.5. The Labute approximate surface area is 131 Å². The van der Waals surface area contributed by atoms with Crippen LogP contribution in [-0.2, 0) is 16.1 Å². The van der Waals surface area contributed by atoms with E-state index in [9.17, 15) is 9.59 Å². The van der Waals surface area contributed by atoms with Crippen molar-refractivity contribution in [3.8, 4) is 0 Å². The highest BCUT2D eigenvalue weighted by molar-refractivity contribution is 7.12. The zero-order valence-electron chi connectivity index (χ0n) is 11.9. The molecule has 0 aliphatic heterocycles. The van der Waals surface area contributed by atoms with Crippen molar-refractivity contribution in [2.75, 3.05) is 0 Å². The Morgan fingerprint density at radius 1 is 1.19 bits per heavy atom. The molecule has 0 aliphatic rings. The van der Waals surface area contributed by atoms with E-state index < -0.39 is 12.1 Å². The number of thiophene rings is 2. The predicted molar refractivity (Wildman–Crippen MR) is 84.5 cm³/mol. The molecule has 0 radical (unpaired) electrons. The SMILES string of the molecule is CC(C)[C@H](OC(=O)c1cccs1)C(=O)NCc1cccs1. The second-order valence-corrected chi connectivity index (χ2v) is 6.82. The standard InChI is InChI=1S/C15H17NO3S2/c1-10(2)13(19-15(18)12-6-4-8-21-12)14(17)16-9-11-5-3-7-20-11/h3-8,10,13H,9H2,1-2H3,(H,16,17)/t13-/m0/s1. The largest absolute Gasteiger partial charge is 0.448 e. The van der Waals surface area contributed by atoms with Gasteiger partial charge in [0.1, 0.15) is 4.88 Å². The van der Waals surface area contributed by atoms with Gasteiger partial charge in [-0.3, -0.25) is 4.79 Å². The fourth-order valence-electron chi connectivity index (χ4n) is 1.75. The Hall–Kier alpha value is -1.66. The number of carbonyl (C=O) groups is 2. The molecular formula is C15H17NO3S2. The number of hydrogen-bond acceptors (Lipinski definition) is 5. The van der Waals surface area contributed by atoms with Crippen LogP contribution in [0.15, 0.2) is 35.0 Å². The van der Waals surface area contributed by atoms with Gasteiger partial charge in [0.15, 0.2) is 6.10 Å². The lowest BCUT2D eigenvalue weighted by Crippen LogP contribution is -2.40.